The van der Waals surface area contributed by atoms with Crippen LogP contribution in [0.3, 0.4) is 0 Å². The molecule has 2 aromatic rings. The fourth-order valence-corrected chi connectivity index (χ4v) is 1.81. The lowest BCUT2D eigenvalue weighted by atomic mass is 10.1. The van der Waals surface area contributed by atoms with Gasteiger partial charge in [-0.2, -0.15) is 0 Å². The molecule has 1 heterocycles. The molecule has 2 rings (SSSR count). The number of hydrogen-bond donors (Lipinski definition) is 1. The summed E-state index contributed by atoms with van der Waals surface area (Å²) in [6, 6.07) is 2.41. The molecule has 0 aliphatic carbocycles. The molecular formula is C12H11F2NO2. The Morgan fingerprint density at radius 3 is 2.76 bits per heavy atom. The zero-order chi connectivity index (χ0) is 12.6. The second kappa shape index (κ2) is 4.16. The van der Waals surface area contributed by atoms with Gasteiger partial charge in [0.15, 0.2) is 11.6 Å². The molecule has 0 saturated carbocycles. The maximum Gasteiger partial charge on any atom is 0.340 e. The van der Waals surface area contributed by atoms with Crippen molar-refractivity contribution in [2.24, 2.45) is 0 Å². The van der Waals surface area contributed by atoms with Crippen molar-refractivity contribution in [3.63, 3.8) is 0 Å². The molecule has 0 fully saturated rings. The minimum absolute atomic E-state index is 0.0545. The van der Waals surface area contributed by atoms with E-state index in [1.54, 1.807) is 13.8 Å². The molecule has 0 aliphatic rings. The molecule has 0 aliphatic heterocycles. The van der Waals surface area contributed by atoms with E-state index in [0.29, 0.717) is 11.2 Å². The SMILES string of the molecule is CCOC(=O)c1c(C)[nH]c2ccc(F)c(F)c12. The second-order valence-electron chi connectivity index (χ2n) is 3.63. The molecule has 0 radical (unpaired) electrons. The van der Waals surface area contributed by atoms with E-state index in [1.165, 1.54) is 6.07 Å². The van der Waals surface area contributed by atoms with Crippen LogP contribution in [0.15, 0.2) is 12.1 Å². The van der Waals surface area contributed by atoms with E-state index >= 15 is 0 Å². The van der Waals surface area contributed by atoms with E-state index in [2.05, 4.69) is 4.98 Å². The number of carbonyl (C=O) groups is 1. The predicted octanol–water partition coefficient (Wildman–Crippen LogP) is 2.93. The third-order valence-corrected chi connectivity index (χ3v) is 2.52. The number of carbonyl (C=O) groups excluding carboxylic acids is 1. The average molecular weight is 239 g/mol. The fourth-order valence-electron chi connectivity index (χ4n) is 1.81. The number of esters is 1. The number of fused-ring (bicyclic) bond motifs is 1. The number of rotatable bonds is 2. The standard InChI is InChI=1S/C12H11F2NO2/c1-3-17-12(16)9-6(2)15-8-5-4-7(13)11(14)10(8)9/h4-5,15H,3H2,1-2H3. The van der Waals surface area contributed by atoms with Crippen molar-refractivity contribution in [2.75, 3.05) is 6.61 Å². The van der Waals surface area contributed by atoms with Gasteiger partial charge in [-0.15, -0.1) is 0 Å². The van der Waals surface area contributed by atoms with E-state index in [4.69, 9.17) is 4.74 Å². The first kappa shape index (κ1) is 11.6. The molecule has 17 heavy (non-hydrogen) atoms. The van der Waals surface area contributed by atoms with Crippen LogP contribution in [0.4, 0.5) is 8.78 Å². The van der Waals surface area contributed by atoms with Crippen LogP contribution in [0.2, 0.25) is 0 Å². The van der Waals surface area contributed by atoms with Crippen molar-refractivity contribution in [3.8, 4) is 0 Å². The van der Waals surface area contributed by atoms with Crippen LogP contribution >= 0.6 is 0 Å². The van der Waals surface area contributed by atoms with Gasteiger partial charge in [-0.3, -0.25) is 0 Å². The van der Waals surface area contributed by atoms with Crippen molar-refractivity contribution >= 4 is 16.9 Å². The van der Waals surface area contributed by atoms with Crippen LogP contribution in [0.25, 0.3) is 10.9 Å². The number of benzene rings is 1. The highest BCUT2D eigenvalue weighted by Crippen LogP contribution is 2.27. The molecule has 90 valence electrons. The van der Waals surface area contributed by atoms with Gasteiger partial charge in [0.2, 0.25) is 0 Å². The molecule has 5 heteroatoms. The summed E-state index contributed by atoms with van der Waals surface area (Å²) in [5, 5.41) is -0.0547. The van der Waals surface area contributed by atoms with E-state index in [-0.39, 0.29) is 17.6 Å². The molecule has 3 nitrogen and oxygen atoms in total. The van der Waals surface area contributed by atoms with Gasteiger partial charge in [-0.25, -0.2) is 13.6 Å². The van der Waals surface area contributed by atoms with Crippen LogP contribution in [0.5, 0.6) is 0 Å². The fraction of sp³-hybridized carbons (Fsp3) is 0.250. The van der Waals surface area contributed by atoms with E-state index in [1.807, 2.05) is 0 Å². The van der Waals surface area contributed by atoms with Crippen LogP contribution in [0, 0.1) is 18.6 Å². The first-order chi connectivity index (χ1) is 8.06. The molecule has 1 aromatic heterocycles. The number of aromatic nitrogens is 1. The highest BCUT2D eigenvalue weighted by molar-refractivity contribution is 6.05. The third-order valence-electron chi connectivity index (χ3n) is 2.52. The van der Waals surface area contributed by atoms with Crippen molar-refractivity contribution in [1.29, 1.82) is 0 Å². The summed E-state index contributed by atoms with van der Waals surface area (Å²) >= 11 is 0. The van der Waals surface area contributed by atoms with Crippen LogP contribution < -0.4 is 0 Å². The first-order valence-corrected chi connectivity index (χ1v) is 5.19. The van der Waals surface area contributed by atoms with Crippen LogP contribution in [0.1, 0.15) is 23.0 Å². The molecule has 0 spiro atoms. The second-order valence-corrected chi connectivity index (χ2v) is 3.63. The summed E-state index contributed by atoms with van der Waals surface area (Å²) in [7, 11) is 0. The summed E-state index contributed by atoms with van der Waals surface area (Å²) < 4.78 is 31.6. The summed E-state index contributed by atoms with van der Waals surface area (Å²) in [6.07, 6.45) is 0. The topological polar surface area (TPSA) is 42.1 Å². The van der Waals surface area contributed by atoms with Crippen LogP contribution in [-0.4, -0.2) is 17.6 Å². The van der Waals surface area contributed by atoms with Gasteiger partial charge < -0.3 is 9.72 Å². The van der Waals surface area contributed by atoms with Crippen molar-refractivity contribution in [2.45, 2.75) is 13.8 Å². The minimum atomic E-state index is -1.03. The van der Waals surface area contributed by atoms with Gasteiger partial charge in [-0.05, 0) is 26.0 Å². The Labute approximate surface area is 96.4 Å². The minimum Gasteiger partial charge on any atom is -0.462 e. The quantitative estimate of drug-likeness (QED) is 0.819. The van der Waals surface area contributed by atoms with E-state index in [0.717, 1.165) is 6.07 Å². The normalized spacial score (nSPS) is 10.8. The van der Waals surface area contributed by atoms with Gasteiger partial charge in [-0.1, -0.05) is 0 Å². The molecule has 1 aromatic carbocycles. The molecule has 0 atom stereocenters. The van der Waals surface area contributed by atoms with Crippen LogP contribution in [-0.2, 0) is 4.74 Å². The largest absolute Gasteiger partial charge is 0.462 e. The zero-order valence-corrected chi connectivity index (χ0v) is 9.43. The van der Waals surface area contributed by atoms with Crippen molar-refractivity contribution in [3.05, 3.63) is 35.0 Å². The lowest BCUT2D eigenvalue weighted by Gasteiger charge is -2.02. The number of ether oxygens (including phenoxy) is 1. The van der Waals surface area contributed by atoms with Gasteiger partial charge in [0, 0.05) is 11.2 Å². The monoisotopic (exact) mass is 239 g/mol. The number of aromatic amines is 1. The van der Waals surface area contributed by atoms with Gasteiger partial charge in [0.05, 0.1) is 17.6 Å². The maximum atomic E-state index is 13.7. The Kier molecular flexibility index (Phi) is 2.83. The summed E-state index contributed by atoms with van der Waals surface area (Å²) in [5.41, 5.74) is 0.895. The number of halogens is 2. The zero-order valence-electron chi connectivity index (χ0n) is 9.43. The first-order valence-electron chi connectivity index (χ1n) is 5.19. The highest BCUT2D eigenvalue weighted by Gasteiger charge is 2.21. The van der Waals surface area contributed by atoms with Gasteiger partial charge >= 0.3 is 5.97 Å². The van der Waals surface area contributed by atoms with Gasteiger partial charge in [0.1, 0.15) is 0 Å². The highest BCUT2D eigenvalue weighted by atomic mass is 19.2. The molecular weight excluding hydrogens is 228 g/mol. The Morgan fingerprint density at radius 1 is 1.41 bits per heavy atom. The Morgan fingerprint density at radius 2 is 2.12 bits per heavy atom. The van der Waals surface area contributed by atoms with E-state index < -0.39 is 17.6 Å². The number of hydrogen-bond acceptors (Lipinski definition) is 2. The third kappa shape index (κ3) is 1.77. The predicted molar refractivity (Wildman–Crippen MR) is 58.9 cm³/mol. The molecule has 0 saturated heterocycles. The molecule has 1 N–H and O–H groups in total. The smallest absolute Gasteiger partial charge is 0.340 e. The molecule has 0 amide bonds. The Hall–Kier alpha value is -1.91. The maximum absolute atomic E-state index is 13.7. The summed E-state index contributed by atoms with van der Waals surface area (Å²) in [6.45, 7) is 3.45. The van der Waals surface area contributed by atoms with Gasteiger partial charge in [0.25, 0.3) is 0 Å². The Balaban J connectivity index is 2.73. The number of nitrogens with one attached hydrogen (secondary N) is 1. The Bertz CT molecular complexity index is 590. The lowest BCUT2D eigenvalue weighted by molar-refractivity contribution is 0.0527. The molecule has 0 unspecified atom stereocenters. The summed E-state index contributed by atoms with van der Waals surface area (Å²) in [4.78, 5) is 14.5. The average Bonchev–Trinajstić information content (AvgIpc) is 2.61. The molecule has 0 bridgehead atoms. The number of H-pyrrole nitrogens is 1. The van der Waals surface area contributed by atoms with Crippen molar-refractivity contribution < 1.29 is 18.3 Å². The van der Waals surface area contributed by atoms with Crippen molar-refractivity contribution in [1.82, 2.24) is 4.98 Å². The summed E-state index contributed by atoms with van der Waals surface area (Å²) in [5.74, 6) is -2.67. The number of aryl methyl sites for hydroxylation is 1. The van der Waals surface area contributed by atoms with E-state index in [9.17, 15) is 13.6 Å². The lowest BCUT2D eigenvalue weighted by Crippen LogP contribution is -2.06.